The Hall–Kier alpha value is -1.16. The second kappa shape index (κ2) is 7.91. The first-order valence-corrected chi connectivity index (χ1v) is 8.81. The summed E-state index contributed by atoms with van der Waals surface area (Å²) < 4.78 is 5.04. The number of aryl methyl sites for hydroxylation is 2. The van der Waals surface area contributed by atoms with E-state index in [4.69, 9.17) is 4.74 Å². The molecule has 22 heavy (non-hydrogen) atoms. The van der Waals surface area contributed by atoms with Gasteiger partial charge in [0.25, 0.3) is 0 Å². The summed E-state index contributed by atoms with van der Waals surface area (Å²) in [7, 11) is 0. The Balaban J connectivity index is 2.81. The third-order valence-electron chi connectivity index (χ3n) is 4.02. The highest BCUT2D eigenvalue weighted by Gasteiger charge is 2.25. The lowest BCUT2D eigenvalue weighted by molar-refractivity contribution is -0.145. The number of carbonyl (C=O) groups is 2. The molecule has 0 aliphatic carbocycles. The molecule has 0 unspecified atom stereocenters. The highest BCUT2D eigenvalue weighted by Crippen LogP contribution is 2.34. The Labute approximate surface area is 138 Å². The number of ketones is 1. The quantitative estimate of drug-likeness (QED) is 0.506. The number of hydrogen-bond acceptors (Lipinski definition) is 4. The minimum Gasteiger partial charge on any atom is -0.466 e. The maximum absolute atomic E-state index is 12.2. The standard InChI is InChI=1S/C18H28O3S/c1-7-14(19)17-12(3)13(4)22-15(17)9-10-18(5,6)11-16(20)21-8-2/h7-11H2,1-6H3. The first kappa shape index (κ1) is 18.9. The van der Waals surface area contributed by atoms with Crippen molar-refractivity contribution in [3.05, 3.63) is 20.9 Å². The maximum atomic E-state index is 12.2. The second-order valence-corrected chi connectivity index (χ2v) is 7.81. The number of hydrogen-bond donors (Lipinski definition) is 0. The fraction of sp³-hybridized carbons (Fsp3) is 0.667. The summed E-state index contributed by atoms with van der Waals surface area (Å²) in [4.78, 5) is 26.2. The van der Waals surface area contributed by atoms with Crippen molar-refractivity contribution in [1.29, 1.82) is 0 Å². The first-order valence-electron chi connectivity index (χ1n) is 7.99. The molecule has 0 saturated carbocycles. The van der Waals surface area contributed by atoms with E-state index in [-0.39, 0.29) is 17.2 Å². The topological polar surface area (TPSA) is 43.4 Å². The summed E-state index contributed by atoms with van der Waals surface area (Å²) in [5, 5.41) is 0. The van der Waals surface area contributed by atoms with Gasteiger partial charge in [0, 0.05) is 21.7 Å². The Kier molecular flexibility index (Phi) is 6.79. The van der Waals surface area contributed by atoms with Crippen molar-refractivity contribution >= 4 is 23.1 Å². The van der Waals surface area contributed by atoms with Gasteiger partial charge in [0.2, 0.25) is 0 Å². The SMILES string of the molecule is CCOC(=O)CC(C)(C)CCc1sc(C)c(C)c1C(=O)CC. The van der Waals surface area contributed by atoms with Gasteiger partial charge in [-0.1, -0.05) is 20.8 Å². The molecular weight excluding hydrogens is 296 g/mol. The molecule has 1 heterocycles. The van der Waals surface area contributed by atoms with Crippen LogP contribution >= 0.6 is 11.3 Å². The van der Waals surface area contributed by atoms with E-state index in [1.807, 2.05) is 20.8 Å². The lowest BCUT2D eigenvalue weighted by Gasteiger charge is -2.23. The van der Waals surface area contributed by atoms with Crippen molar-refractivity contribution in [1.82, 2.24) is 0 Å². The maximum Gasteiger partial charge on any atom is 0.306 e. The zero-order valence-corrected chi connectivity index (χ0v) is 15.5. The van der Waals surface area contributed by atoms with E-state index in [0.29, 0.717) is 19.4 Å². The van der Waals surface area contributed by atoms with Crippen LogP contribution in [0.5, 0.6) is 0 Å². The third-order valence-corrected chi connectivity index (χ3v) is 5.28. The molecule has 0 spiro atoms. The van der Waals surface area contributed by atoms with Gasteiger partial charge >= 0.3 is 5.97 Å². The van der Waals surface area contributed by atoms with Gasteiger partial charge in [0.15, 0.2) is 5.78 Å². The van der Waals surface area contributed by atoms with Gasteiger partial charge in [-0.25, -0.2) is 0 Å². The predicted octanol–water partition coefficient (Wildman–Crippen LogP) is 4.87. The van der Waals surface area contributed by atoms with Gasteiger partial charge in [-0.2, -0.15) is 0 Å². The largest absolute Gasteiger partial charge is 0.466 e. The van der Waals surface area contributed by atoms with Gasteiger partial charge in [-0.05, 0) is 44.6 Å². The van der Waals surface area contributed by atoms with E-state index in [2.05, 4.69) is 20.8 Å². The van der Waals surface area contributed by atoms with Crippen LogP contribution < -0.4 is 0 Å². The molecule has 3 nitrogen and oxygen atoms in total. The molecule has 0 aliphatic rings. The van der Waals surface area contributed by atoms with Crippen molar-refractivity contribution < 1.29 is 14.3 Å². The number of thiophene rings is 1. The van der Waals surface area contributed by atoms with Crippen LogP contribution in [-0.4, -0.2) is 18.4 Å². The van der Waals surface area contributed by atoms with E-state index in [9.17, 15) is 9.59 Å². The highest BCUT2D eigenvalue weighted by molar-refractivity contribution is 7.12. The van der Waals surface area contributed by atoms with Gasteiger partial charge in [-0.15, -0.1) is 11.3 Å². The van der Waals surface area contributed by atoms with Crippen LogP contribution in [0.25, 0.3) is 0 Å². The van der Waals surface area contributed by atoms with Crippen LogP contribution in [0.1, 0.15) is 72.6 Å². The lowest BCUT2D eigenvalue weighted by Crippen LogP contribution is -2.20. The number of esters is 1. The van der Waals surface area contributed by atoms with Crippen LogP contribution in [0, 0.1) is 19.3 Å². The molecule has 0 saturated heterocycles. The minimum absolute atomic E-state index is 0.120. The summed E-state index contributed by atoms with van der Waals surface area (Å²) in [6, 6.07) is 0. The highest BCUT2D eigenvalue weighted by atomic mass is 32.1. The number of rotatable bonds is 8. The first-order chi connectivity index (χ1) is 10.2. The van der Waals surface area contributed by atoms with Gasteiger partial charge in [0.1, 0.15) is 0 Å². The van der Waals surface area contributed by atoms with Gasteiger partial charge in [0.05, 0.1) is 13.0 Å². The number of Topliss-reactive ketones (excluding diaryl/α,β-unsaturated/α-hetero) is 1. The smallest absolute Gasteiger partial charge is 0.306 e. The molecule has 1 aromatic heterocycles. The average Bonchev–Trinajstić information content (AvgIpc) is 2.71. The van der Waals surface area contributed by atoms with E-state index >= 15 is 0 Å². The normalized spacial score (nSPS) is 11.5. The van der Waals surface area contributed by atoms with Crippen molar-refractivity contribution in [2.75, 3.05) is 6.61 Å². The van der Waals surface area contributed by atoms with E-state index in [1.54, 1.807) is 11.3 Å². The van der Waals surface area contributed by atoms with Crippen LogP contribution in [-0.2, 0) is 16.0 Å². The van der Waals surface area contributed by atoms with Crippen molar-refractivity contribution in [2.24, 2.45) is 5.41 Å². The minimum atomic E-state index is -0.143. The molecule has 1 rings (SSSR count). The molecule has 0 atom stereocenters. The van der Waals surface area contributed by atoms with Crippen LogP contribution in [0.3, 0.4) is 0 Å². The number of ether oxygens (including phenoxy) is 1. The van der Waals surface area contributed by atoms with Crippen molar-refractivity contribution in [2.45, 2.75) is 67.2 Å². The van der Waals surface area contributed by atoms with Gasteiger partial charge in [-0.3, -0.25) is 9.59 Å². The summed E-state index contributed by atoms with van der Waals surface area (Å²) in [5.41, 5.74) is 1.91. The molecule has 1 aromatic rings. The molecule has 0 radical (unpaired) electrons. The van der Waals surface area contributed by atoms with E-state index in [0.717, 1.165) is 24.0 Å². The monoisotopic (exact) mass is 324 g/mol. The van der Waals surface area contributed by atoms with Crippen molar-refractivity contribution in [3.8, 4) is 0 Å². The fourth-order valence-electron chi connectivity index (χ4n) is 2.56. The van der Waals surface area contributed by atoms with E-state index < -0.39 is 0 Å². The summed E-state index contributed by atoms with van der Waals surface area (Å²) in [5.74, 6) is 0.0796. The fourth-order valence-corrected chi connectivity index (χ4v) is 3.76. The van der Waals surface area contributed by atoms with Crippen molar-refractivity contribution in [3.63, 3.8) is 0 Å². The predicted molar refractivity (Wildman–Crippen MR) is 91.8 cm³/mol. The van der Waals surface area contributed by atoms with Crippen LogP contribution in [0.15, 0.2) is 0 Å². The molecule has 0 amide bonds. The Morgan fingerprint density at radius 3 is 2.36 bits per heavy atom. The zero-order valence-electron chi connectivity index (χ0n) is 14.7. The van der Waals surface area contributed by atoms with Gasteiger partial charge < -0.3 is 4.74 Å². The average molecular weight is 324 g/mol. The molecule has 0 fully saturated rings. The Bertz CT molecular complexity index is 541. The molecule has 124 valence electrons. The Morgan fingerprint density at radius 1 is 1.18 bits per heavy atom. The van der Waals surface area contributed by atoms with Crippen LogP contribution in [0.2, 0.25) is 0 Å². The molecule has 0 N–H and O–H groups in total. The third kappa shape index (κ3) is 4.94. The summed E-state index contributed by atoms with van der Waals surface area (Å²) >= 11 is 1.72. The molecule has 0 bridgehead atoms. The molecule has 0 aromatic carbocycles. The van der Waals surface area contributed by atoms with E-state index in [1.165, 1.54) is 9.75 Å². The second-order valence-electron chi connectivity index (χ2n) is 6.50. The summed E-state index contributed by atoms with van der Waals surface area (Å²) in [6.07, 6.45) is 2.67. The number of carbonyl (C=O) groups excluding carboxylic acids is 2. The molecule has 0 aliphatic heterocycles. The van der Waals surface area contributed by atoms with Crippen LogP contribution in [0.4, 0.5) is 0 Å². The lowest BCUT2D eigenvalue weighted by atomic mass is 9.83. The summed E-state index contributed by atoms with van der Waals surface area (Å²) in [6.45, 7) is 12.4. The zero-order chi connectivity index (χ0) is 16.9. The molecular formula is C18H28O3S. The molecule has 4 heteroatoms. The Morgan fingerprint density at radius 2 is 1.82 bits per heavy atom.